The number of hydrogen-bond donors (Lipinski definition) is 0. The zero-order valence-electron chi connectivity index (χ0n) is 25.5. The molecule has 0 atom stereocenters. The van der Waals surface area contributed by atoms with Gasteiger partial charge < -0.3 is 0 Å². The second-order valence-corrected chi connectivity index (χ2v) is 14.2. The Bertz CT molecular complexity index is 940. The molecule has 0 heteroatoms. The Balaban J connectivity index is 0.000000270. The highest BCUT2D eigenvalue weighted by Crippen LogP contribution is 2.22. The SMILES string of the molecule is Cc1ccc(CC(C)(C)C)cc1.Cc1ccc(CC(C)(C)C)cc1.Cc1cccc(CC(C)(C)C)c1. The van der Waals surface area contributed by atoms with E-state index in [1.54, 1.807) is 0 Å². The summed E-state index contributed by atoms with van der Waals surface area (Å²) in [4.78, 5) is 0. The van der Waals surface area contributed by atoms with Crippen LogP contribution in [0.5, 0.6) is 0 Å². The predicted octanol–water partition coefficient (Wildman–Crippen LogP) is 10.8. The van der Waals surface area contributed by atoms with Crippen molar-refractivity contribution in [2.45, 2.75) is 102 Å². The first-order chi connectivity index (χ1) is 16.4. The molecule has 0 bridgehead atoms. The Morgan fingerprint density at radius 1 is 0.389 bits per heavy atom. The summed E-state index contributed by atoms with van der Waals surface area (Å²) < 4.78 is 0. The molecule has 0 radical (unpaired) electrons. The molecule has 0 fully saturated rings. The Kier molecular flexibility index (Phi) is 12.2. The van der Waals surface area contributed by atoms with E-state index in [4.69, 9.17) is 0 Å². The summed E-state index contributed by atoms with van der Waals surface area (Å²) >= 11 is 0. The van der Waals surface area contributed by atoms with Crippen molar-refractivity contribution in [1.82, 2.24) is 0 Å². The molecule has 3 aromatic rings. The van der Waals surface area contributed by atoms with Crippen molar-refractivity contribution in [1.29, 1.82) is 0 Å². The van der Waals surface area contributed by atoms with Gasteiger partial charge >= 0.3 is 0 Å². The van der Waals surface area contributed by atoms with Crippen LogP contribution >= 0.6 is 0 Å². The molecule has 0 aromatic heterocycles. The van der Waals surface area contributed by atoms with Crippen LogP contribution in [0.2, 0.25) is 0 Å². The van der Waals surface area contributed by atoms with E-state index in [1.807, 2.05) is 0 Å². The van der Waals surface area contributed by atoms with E-state index in [2.05, 4.69) is 156 Å². The molecule has 198 valence electrons. The second kappa shape index (κ2) is 13.8. The first-order valence-electron chi connectivity index (χ1n) is 13.6. The maximum absolute atomic E-state index is 2.27. The third-order valence-electron chi connectivity index (χ3n) is 5.53. The fraction of sp³-hybridized carbons (Fsp3) is 0.500. The van der Waals surface area contributed by atoms with E-state index in [9.17, 15) is 0 Å². The number of rotatable bonds is 3. The summed E-state index contributed by atoms with van der Waals surface area (Å²) in [6.07, 6.45) is 3.48. The standard InChI is InChI=1S/3C12H18/c2*1-10-5-7-11(8-6-10)9-12(2,3)4;1-10-6-5-7-11(8-10)9-12(2,3)4/h3*5-8H,9H2,1-4H3. The van der Waals surface area contributed by atoms with Gasteiger partial charge in [0.25, 0.3) is 0 Å². The van der Waals surface area contributed by atoms with Crippen molar-refractivity contribution in [2.24, 2.45) is 16.2 Å². The summed E-state index contributed by atoms with van der Waals surface area (Å²) in [7, 11) is 0. The monoisotopic (exact) mass is 486 g/mol. The molecule has 0 saturated heterocycles. The van der Waals surface area contributed by atoms with Gasteiger partial charge in [0.1, 0.15) is 0 Å². The van der Waals surface area contributed by atoms with Gasteiger partial charge in [-0.15, -0.1) is 0 Å². The Labute approximate surface area is 224 Å². The predicted molar refractivity (Wildman–Crippen MR) is 163 cm³/mol. The zero-order chi connectivity index (χ0) is 27.6. The Morgan fingerprint density at radius 2 is 0.722 bits per heavy atom. The highest BCUT2D eigenvalue weighted by atomic mass is 14.2. The smallest absolute Gasteiger partial charge is 0.0230 e. The van der Waals surface area contributed by atoms with E-state index < -0.39 is 0 Å². The average molecular weight is 487 g/mol. The lowest BCUT2D eigenvalue weighted by Crippen LogP contribution is -2.08. The summed E-state index contributed by atoms with van der Waals surface area (Å²) in [6, 6.07) is 26.4. The molecule has 0 aliphatic heterocycles. The minimum absolute atomic E-state index is 0.397. The minimum Gasteiger partial charge on any atom is -0.0617 e. The second-order valence-electron chi connectivity index (χ2n) is 14.2. The van der Waals surface area contributed by atoms with Gasteiger partial charge in [0, 0.05) is 0 Å². The highest BCUT2D eigenvalue weighted by Gasteiger charge is 2.12. The van der Waals surface area contributed by atoms with Gasteiger partial charge in [-0.25, -0.2) is 0 Å². The van der Waals surface area contributed by atoms with Gasteiger partial charge in [-0.05, 0) is 73.0 Å². The van der Waals surface area contributed by atoms with Gasteiger partial charge in [-0.1, -0.05) is 152 Å². The third-order valence-corrected chi connectivity index (χ3v) is 5.53. The largest absolute Gasteiger partial charge is 0.0617 e. The van der Waals surface area contributed by atoms with Crippen molar-refractivity contribution < 1.29 is 0 Å². The van der Waals surface area contributed by atoms with E-state index >= 15 is 0 Å². The summed E-state index contributed by atoms with van der Waals surface area (Å²) in [5, 5.41) is 0. The van der Waals surface area contributed by atoms with Crippen LogP contribution in [-0.2, 0) is 19.3 Å². The summed E-state index contributed by atoms with van der Waals surface area (Å²) in [5.74, 6) is 0. The lowest BCUT2D eigenvalue weighted by atomic mass is 9.88. The van der Waals surface area contributed by atoms with Crippen molar-refractivity contribution >= 4 is 0 Å². The van der Waals surface area contributed by atoms with Gasteiger partial charge in [0.15, 0.2) is 0 Å². The summed E-state index contributed by atoms with van der Waals surface area (Å²) in [5.41, 5.74) is 9.55. The van der Waals surface area contributed by atoms with Gasteiger partial charge in [0.2, 0.25) is 0 Å². The van der Waals surface area contributed by atoms with Crippen molar-refractivity contribution in [2.75, 3.05) is 0 Å². The van der Waals surface area contributed by atoms with Crippen LogP contribution < -0.4 is 0 Å². The molecule has 0 nitrogen and oxygen atoms in total. The number of hydrogen-bond acceptors (Lipinski definition) is 0. The molecule has 3 rings (SSSR count). The third kappa shape index (κ3) is 16.4. The molecule has 36 heavy (non-hydrogen) atoms. The van der Waals surface area contributed by atoms with Crippen molar-refractivity contribution in [3.63, 3.8) is 0 Å². The van der Waals surface area contributed by atoms with Gasteiger partial charge in [0.05, 0.1) is 0 Å². The molecular formula is C36H54. The summed E-state index contributed by atoms with van der Waals surface area (Å²) in [6.45, 7) is 26.8. The van der Waals surface area contributed by atoms with Crippen LogP contribution in [0.4, 0.5) is 0 Å². The molecule has 3 aromatic carbocycles. The first kappa shape index (κ1) is 31.7. The van der Waals surface area contributed by atoms with Crippen LogP contribution in [-0.4, -0.2) is 0 Å². The van der Waals surface area contributed by atoms with Gasteiger partial charge in [-0.3, -0.25) is 0 Å². The maximum atomic E-state index is 2.27. The zero-order valence-corrected chi connectivity index (χ0v) is 25.5. The normalized spacial score (nSPS) is 11.7. The number of aryl methyl sites for hydroxylation is 3. The molecule has 0 heterocycles. The molecule has 0 N–H and O–H groups in total. The Hall–Kier alpha value is -2.34. The minimum atomic E-state index is 0.397. The fourth-order valence-corrected chi connectivity index (χ4v) is 4.07. The van der Waals surface area contributed by atoms with E-state index in [0.29, 0.717) is 16.2 Å². The topological polar surface area (TPSA) is 0 Å². The molecule has 0 saturated carbocycles. The van der Waals surface area contributed by atoms with Crippen LogP contribution in [0.25, 0.3) is 0 Å². The van der Waals surface area contributed by atoms with Crippen LogP contribution in [0.3, 0.4) is 0 Å². The van der Waals surface area contributed by atoms with Gasteiger partial charge in [-0.2, -0.15) is 0 Å². The first-order valence-corrected chi connectivity index (χ1v) is 13.6. The van der Waals surface area contributed by atoms with Crippen LogP contribution in [0, 0.1) is 37.0 Å². The van der Waals surface area contributed by atoms with Crippen molar-refractivity contribution in [3.8, 4) is 0 Å². The quantitative estimate of drug-likeness (QED) is 0.345. The van der Waals surface area contributed by atoms with E-state index in [1.165, 1.54) is 33.4 Å². The van der Waals surface area contributed by atoms with Crippen LogP contribution in [0.1, 0.15) is 95.7 Å². The molecular weight excluding hydrogens is 432 g/mol. The molecule has 0 spiro atoms. The molecule has 0 aliphatic carbocycles. The fourth-order valence-electron chi connectivity index (χ4n) is 4.07. The maximum Gasteiger partial charge on any atom is -0.0230 e. The highest BCUT2D eigenvalue weighted by molar-refractivity contribution is 5.24. The van der Waals surface area contributed by atoms with E-state index in [0.717, 1.165) is 19.3 Å². The molecule has 0 amide bonds. The lowest BCUT2D eigenvalue weighted by Gasteiger charge is -2.18. The van der Waals surface area contributed by atoms with Crippen LogP contribution in [0.15, 0.2) is 72.8 Å². The molecule has 0 unspecified atom stereocenters. The molecule has 0 aliphatic rings. The number of benzene rings is 3. The Morgan fingerprint density at radius 3 is 1.03 bits per heavy atom. The average Bonchev–Trinajstić information content (AvgIpc) is 2.69. The van der Waals surface area contributed by atoms with E-state index in [-0.39, 0.29) is 0 Å². The lowest BCUT2D eigenvalue weighted by molar-refractivity contribution is 0.411. The van der Waals surface area contributed by atoms with Crippen molar-refractivity contribution in [3.05, 3.63) is 106 Å².